The van der Waals surface area contributed by atoms with Crippen molar-refractivity contribution in [2.45, 2.75) is 6.92 Å². The van der Waals surface area contributed by atoms with Crippen LogP contribution in [0.4, 0.5) is 0 Å². The minimum Gasteiger partial charge on any atom is -0.465 e. The largest absolute Gasteiger partial charge is 0.465 e. The van der Waals surface area contributed by atoms with Crippen LogP contribution in [0.25, 0.3) is 6.08 Å². The topological polar surface area (TPSA) is 65.0 Å². The van der Waals surface area contributed by atoms with Gasteiger partial charge in [0.1, 0.15) is 0 Å². The molecule has 0 unspecified atom stereocenters. The van der Waals surface area contributed by atoms with E-state index in [-0.39, 0.29) is 5.70 Å². The van der Waals surface area contributed by atoms with E-state index in [1.807, 2.05) is 0 Å². The van der Waals surface area contributed by atoms with E-state index in [9.17, 15) is 9.59 Å². The Kier molecular flexibility index (Phi) is 3.23. The van der Waals surface area contributed by atoms with Crippen molar-refractivity contribution in [1.29, 1.82) is 0 Å². The fourth-order valence-electron chi connectivity index (χ4n) is 1.51. The lowest BCUT2D eigenvalue weighted by atomic mass is 10.1. The Morgan fingerprint density at radius 2 is 2.00 bits per heavy atom. The van der Waals surface area contributed by atoms with Crippen LogP contribution in [-0.2, 0) is 14.3 Å². The maximum Gasteiger partial charge on any atom is 0.363 e. The molecule has 0 spiro atoms. The molecule has 92 valence electrons. The molecule has 0 aliphatic carbocycles. The lowest BCUT2D eigenvalue weighted by molar-refractivity contribution is -0.130. The minimum absolute atomic E-state index is 0.248. The Morgan fingerprint density at radius 1 is 1.33 bits per heavy atom. The number of carbonyl (C=O) groups excluding carboxylic acids is 2. The van der Waals surface area contributed by atoms with Crippen LogP contribution in [0.15, 0.2) is 35.0 Å². The highest BCUT2D eigenvalue weighted by molar-refractivity contribution is 6.06. The summed E-state index contributed by atoms with van der Waals surface area (Å²) in [6.45, 7) is 1.61. The number of aliphatic imine (C=N–C) groups is 1. The highest BCUT2D eigenvalue weighted by Gasteiger charge is 2.19. The lowest BCUT2D eigenvalue weighted by Crippen LogP contribution is -2.01. The molecule has 18 heavy (non-hydrogen) atoms. The van der Waals surface area contributed by atoms with E-state index in [1.165, 1.54) is 7.11 Å². The number of methoxy groups -OCH3 is 1. The van der Waals surface area contributed by atoms with Crippen molar-refractivity contribution in [1.82, 2.24) is 0 Å². The zero-order chi connectivity index (χ0) is 13.1. The van der Waals surface area contributed by atoms with Crippen LogP contribution >= 0.6 is 0 Å². The summed E-state index contributed by atoms with van der Waals surface area (Å²) in [5.41, 5.74) is 1.46. The van der Waals surface area contributed by atoms with Crippen LogP contribution < -0.4 is 0 Å². The number of rotatable bonds is 2. The zero-order valence-corrected chi connectivity index (χ0v) is 9.97. The molecule has 0 saturated carbocycles. The summed E-state index contributed by atoms with van der Waals surface area (Å²) in [6.07, 6.45) is 1.60. The number of ether oxygens (including phenoxy) is 2. The molecule has 0 aromatic heterocycles. The molecule has 0 saturated heterocycles. The van der Waals surface area contributed by atoms with Crippen molar-refractivity contribution in [3.05, 3.63) is 41.1 Å². The van der Waals surface area contributed by atoms with Crippen molar-refractivity contribution in [2.24, 2.45) is 4.99 Å². The van der Waals surface area contributed by atoms with Gasteiger partial charge in [0, 0.05) is 6.92 Å². The van der Waals surface area contributed by atoms with Gasteiger partial charge in [-0.1, -0.05) is 12.1 Å². The maximum atomic E-state index is 11.3. The second-order valence-electron chi connectivity index (χ2n) is 3.66. The van der Waals surface area contributed by atoms with Crippen LogP contribution in [-0.4, -0.2) is 24.9 Å². The van der Waals surface area contributed by atoms with E-state index >= 15 is 0 Å². The zero-order valence-electron chi connectivity index (χ0n) is 9.97. The summed E-state index contributed by atoms with van der Waals surface area (Å²) in [7, 11) is 1.32. The molecule has 1 aromatic carbocycles. The van der Waals surface area contributed by atoms with E-state index in [0.29, 0.717) is 11.5 Å². The average Bonchev–Trinajstić information content (AvgIpc) is 2.68. The summed E-state index contributed by atoms with van der Waals surface area (Å²) in [5.74, 6) is -0.537. The molecule has 1 aliphatic heterocycles. The Balaban J connectivity index is 2.23. The van der Waals surface area contributed by atoms with Gasteiger partial charge in [-0.15, -0.1) is 0 Å². The molecule has 0 radical (unpaired) electrons. The van der Waals surface area contributed by atoms with Gasteiger partial charge in [0.25, 0.3) is 0 Å². The molecule has 1 aliphatic rings. The van der Waals surface area contributed by atoms with E-state index in [4.69, 9.17) is 4.74 Å². The fourth-order valence-corrected chi connectivity index (χ4v) is 1.51. The first-order valence-corrected chi connectivity index (χ1v) is 5.27. The Morgan fingerprint density at radius 3 is 2.50 bits per heavy atom. The van der Waals surface area contributed by atoms with Crippen LogP contribution in [0.5, 0.6) is 0 Å². The molecule has 0 fully saturated rings. The maximum absolute atomic E-state index is 11.3. The summed E-state index contributed by atoms with van der Waals surface area (Å²) in [5, 5.41) is 0. The summed E-state index contributed by atoms with van der Waals surface area (Å²) < 4.78 is 9.38. The first kappa shape index (κ1) is 12.0. The van der Waals surface area contributed by atoms with Crippen molar-refractivity contribution in [2.75, 3.05) is 7.11 Å². The SMILES string of the molecule is COC(=O)c1ccc(/C=C2/N=C(C)OC2=O)cc1. The predicted octanol–water partition coefficient (Wildman–Crippen LogP) is 1.79. The molecule has 0 atom stereocenters. The van der Waals surface area contributed by atoms with Gasteiger partial charge in [-0.2, -0.15) is 0 Å². The Bertz CT molecular complexity index is 555. The van der Waals surface area contributed by atoms with Gasteiger partial charge >= 0.3 is 11.9 Å². The van der Waals surface area contributed by atoms with Gasteiger partial charge in [0.2, 0.25) is 0 Å². The Hall–Kier alpha value is -2.43. The number of carbonyl (C=O) groups is 2. The van der Waals surface area contributed by atoms with Gasteiger partial charge < -0.3 is 9.47 Å². The molecule has 0 amide bonds. The van der Waals surface area contributed by atoms with Crippen molar-refractivity contribution < 1.29 is 19.1 Å². The first-order valence-electron chi connectivity index (χ1n) is 5.27. The minimum atomic E-state index is -0.468. The Labute approximate surface area is 104 Å². The van der Waals surface area contributed by atoms with E-state index in [0.717, 1.165) is 5.56 Å². The molecule has 5 heteroatoms. The number of esters is 2. The normalized spacial score (nSPS) is 16.4. The first-order chi connectivity index (χ1) is 8.60. The summed E-state index contributed by atoms with van der Waals surface area (Å²) in [4.78, 5) is 26.5. The van der Waals surface area contributed by atoms with Gasteiger partial charge in [0.15, 0.2) is 11.6 Å². The smallest absolute Gasteiger partial charge is 0.363 e. The molecule has 1 aromatic rings. The van der Waals surface area contributed by atoms with Crippen molar-refractivity contribution in [3.8, 4) is 0 Å². The van der Waals surface area contributed by atoms with Gasteiger partial charge in [0.05, 0.1) is 12.7 Å². The third kappa shape index (κ3) is 2.45. The number of cyclic esters (lactones) is 1. The van der Waals surface area contributed by atoms with Crippen LogP contribution in [0, 0.1) is 0 Å². The standard InChI is InChI=1S/C13H11NO4/c1-8-14-11(13(16)18-8)7-9-3-5-10(6-4-9)12(15)17-2/h3-7H,1-2H3/b11-7+. The molecule has 0 N–H and O–H groups in total. The second-order valence-corrected chi connectivity index (χ2v) is 3.66. The number of hydrogen-bond acceptors (Lipinski definition) is 5. The van der Waals surface area contributed by atoms with Crippen molar-refractivity contribution in [3.63, 3.8) is 0 Å². The van der Waals surface area contributed by atoms with E-state index in [1.54, 1.807) is 37.3 Å². The molecule has 1 heterocycles. The lowest BCUT2D eigenvalue weighted by Gasteiger charge is -1.99. The molecular weight excluding hydrogens is 234 g/mol. The average molecular weight is 245 g/mol. The van der Waals surface area contributed by atoms with Crippen LogP contribution in [0.3, 0.4) is 0 Å². The quantitative estimate of drug-likeness (QED) is 0.588. The third-order valence-corrected chi connectivity index (χ3v) is 2.36. The van der Waals surface area contributed by atoms with Gasteiger partial charge in [-0.3, -0.25) is 0 Å². The predicted molar refractivity (Wildman–Crippen MR) is 65.0 cm³/mol. The fraction of sp³-hybridized carbons (Fsp3) is 0.154. The molecule has 2 rings (SSSR count). The molecular formula is C13H11NO4. The van der Waals surface area contributed by atoms with E-state index < -0.39 is 11.9 Å². The highest BCUT2D eigenvalue weighted by Crippen LogP contribution is 2.15. The monoisotopic (exact) mass is 245 g/mol. The molecule has 0 bridgehead atoms. The summed E-state index contributed by atoms with van der Waals surface area (Å²) in [6, 6.07) is 6.65. The van der Waals surface area contributed by atoms with Crippen LogP contribution in [0.1, 0.15) is 22.8 Å². The second kappa shape index (κ2) is 4.83. The van der Waals surface area contributed by atoms with E-state index in [2.05, 4.69) is 9.73 Å². The van der Waals surface area contributed by atoms with Crippen molar-refractivity contribution >= 4 is 23.9 Å². The van der Waals surface area contributed by atoms with Gasteiger partial charge in [-0.05, 0) is 23.8 Å². The molecule has 5 nitrogen and oxygen atoms in total. The number of nitrogens with zero attached hydrogens (tertiary/aromatic N) is 1. The number of benzene rings is 1. The van der Waals surface area contributed by atoms with Crippen LogP contribution in [0.2, 0.25) is 0 Å². The summed E-state index contributed by atoms with van der Waals surface area (Å²) >= 11 is 0. The highest BCUT2D eigenvalue weighted by atomic mass is 16.6. The number of hydrogen-bond donors (Lipinski definition) is 0. The van der Waals surface area contributed by atoms with Gasteiger partial charge in [-0.25, -0.2) is 14.6 Å². The third-order valence-electron chi connectivity index (χ3n) is 2.36.